The molecule has 3 nitrogen and oxygen atoms in total. The fourth-order valence-electron chi connectivity index (χ4n) is 1.76. The van der Waals surface area contributed by atoms with Crippen LogP contribution in [0.1, 0.15) is 18.4 Å². The molecule has 0 radical (unpaired) electrons. The Balaban J connectivity index is 2.33. The highest BCUT2D eigenvalue weighted by Crippen LogP contribution is 2.46. The molecule has 1 aromatic carbocycles. The van der Waals surface area contributed by atoms with Crippen molar-refractivity contribution in [3.8, 4) is 0 Å². The first-order valence-corrected chi connectivity index (χ1v) is 4.72. The van der Waals surface area contributed by atoms with Gasteiger partial charge in [-0.05, 0) is 18.9 Å². The fourth-order valence-corrected chi connectivity index (χ4v) is 1.76. The summed E-state index contributed by atoms with van der Waals surface area (Å²) in [4.78, 5) is 8.47. The van der Waals surface area contributed by atoms with Gasteiger partial charge in [0.25, 0.3) is 0 Å². The molecule has 14 heavy (non-hydrogen) atoms. The zero-order chi connectivity index (χ0) is 9.60. The lowest BCUT2D eigenvalue weighted by atomic mass is 10.1. The molecule has 1 N–H and O–H groups in total. The molecule has 3 rings (SSSR count). The van der Waals surface area contributed by atoms with Gasteiger partial charge in [-0.25, -0.2) is 0 Å². The van der Waals surface area contributed by atoms with Crippen molar-refractivity contribution in [2.45, 2.75) is 18.4 Å². The molecule has 1 aliphatic rings. The number of benzene rings is 1. The fraction of sp³-hybridized carbons (Fsp3) is 0.273. The molecule has 0 bridgehead atoms. The molecule has 0 aliphatic heterocycles. The maximum Gasteiger partial charge on any atom is 0.0947 e. The van der Waals surface area contributed by atoms with E-state index < -0.39 is 5.60 Å². The van der Waals surface area contributed by atoms with Crippen molar-refractivity contribution >= 4 is 11.0 Å². The Hall–Kier alpha value is -1.48. The standard InChI is InChI=1S/C11H10N2O/c14-11(4-5-11)8-2-1-3-9-10(8)13-7-6-12-9/h1-3,6-7,14H,4-5H2. The molecule has 1 saturated carbocycles. The SMILES string of the molecule is OC1(c2cccc3nccnc23)CC1. The molecule has 0 unspecified atom stereocenters. The van der Waals surface area contributed by atoms with Gasteiger partial charge in [0, 0.05) is 18.0 Å². The van der Waals surface area contributed by atoms with E-state index in [0.29, 0.717) is 0 Å². The number of hydrogen-bond donors (Lipinski definition) is 1. The van der Waals surface area contributed by atoms with E-state index in [-0.39, 0.29) is 0 Å². The van der Waals surface area contributed by atoms with Gasteiger partial charge in [-0.15, -0.1) is 0 Å². The Morgan fingerprint density at radius 1 is 1.14 bits per heavy atom. The molecule has 0 amide bonds. The molecule has 0 spiro atoms. The highest BCUT2D eigenvalue weighted by Gasteiger charge is 2.43. The summed E-state index contributed by atoms with van der Waals surface area (Å²) in [5.74, 6) is 0. The first-order chi connectivity index (χ1) is 6.80. The van der Waals surface area contributed by atoms with E-state index >= 15 is 0 Å². The molecule has 1 fully saturated rings. The van der Waals surface area contributed by atoms with Crippen LogP contribution in [-0.2, 0) is 5.60 Å². The number of para-hydroxylation sites is 1. The minimum Gasteiger partial charge on any atom is -0.385 e. The van der Waals surface area contributed by atoms with Crippen molar-refractivity contribution in [2.75, 3.05) is 0 Å². The van der Waals surface area contributed by atoms with Crippen molar-refractivity contribution in [1.29, 1.82) is 0 Å². The Morgan fingerprint density at radius 3 is 2.71 bits per heavy atom. The predicted octanol–water partition coefficient (Wildman–Crippen LogP) is 1.61. The molecule has 0 saturated heterocycles. The number of nitrogens with zero attached hydrogens (tertiary/aromatic N) is 2. The van der Waals surface area contributed by atoms with Crippen LogP contribution in [0.5, 0.6) is 0 Å². The van der Waals surface area contributed by atoms with Crippen LogP contribution < -0.4 is 0 Å². The normalized spacial score (nSPS) is 18.4. The van der Waals surface area contributed by atoms with Crippen LogP contribution in [0, 0.1) is 0 Å². The first-order valence-electron chi connectivity index (χ1n) is 4.72. The predicted molar refractivity (Wildman–Crippen MR) is 52.7 cm³/mol. The van der Waals surface area contributed by atoms with Crippen LogP contribution in [0.4, 0.5) is 0 Å². The minimum absolute atomic E-state index is 0.629. The van der Waals surface area contributed by atoms with Gasteiger partial charge in [-0.2, -0.15) is 0 Å². The summed E-state index contributed by atoms with van der Waals surface area (Å²) < 4.78 is 0. The van der Waals surface area contributed by atoms with Crippen molar-refractivity contribution in [2.24, 2.45) is 0 Å². The van der Waals surface area contributed by atoms with E-state index in [1.54, 1.807) is 12.4 Å². The van der Waals surface area contributed by atoms with Crippen molar-refractivity contribution in [3.05, 3.63) is 36.2 Å². The second kappa shape index (κ2) is 2.51. The topological polar surface area (TPSA) is 46.0 Å². The zero-order valence-corrected chi connectivity index (χ0v) is 7.64. The van der Waals surface area contributed by atoms with Gasteiger partial charge in [0.15, 0.2) is 0 Å². The van der Waals surface area contributed by atoms with E-state index in [1.807, 2.05) is 18.2 Å². The number of fused-ring (bicyclic) bond motifs is 1. The summed E-state index contributed by atoms with van der Waals surface area (Å²) in [6.07, 6.45) is 5.01. The van der Waals surface area contributed by atoms with Gasteiger partial charge in [0.1, 0.15) is 0 Å². The second-order valence-electron chi connectivity index (χ2n) is 3.76. The molecule has 3 heteroatoms. The second-order valence-corrected chi connectivity index (χ2v) is 3.76. The molecule has 0 atom stereocenters. The van der Waals surface area contributed by atoms with Crippen LogP contribution in [-0.4, -0.2) is 15.1 Å². The van der Waals surface area contributed by atoms with Crippen LogP contribution in [0.15, 0.2) is 30.6 Å². The molecule has 1 aliphatic carbocycles. The minimum atomic E-state index is -0.629. The van der Waals surface area contributed by atoms with Gasteiger partial charge < -0.3 is 5.11 Å². The maximum atomic E-state index is 10.0. The number of aromatic nitrogens is 2. The molecule has 70 valence electrons. The average Bonchev–Trinajstić information content (AvgIpc) is 2.97. The van der Waals surface area contributed by atoms with Crippen molar-refractivity contribution in [3.63, 3.8) is 0 Å². The largest absolute Gasteiger partial charge is 0.385 e. The third-order valence-electron chi connectivity index (χ3n) is 2.72. The van der Waals surface area contributed by atoms with E-state index in [1.165, 1.54) is 0 Å². The first kappa shape index (κ1) is 7.88. The van der Waals surface area contributed by atoms with Gasteiger partial charge in [0.2, 0.25) is 0 Å². The Kier molecular flexibility index (Phi) is 1.42. The number of aliphatic hydroxyl groups is 1. The van der Waals surface area contributed by atoms with Crippen molar-refractivity contribution < 1.29 is 5.11 Å². The molecule has 1 heterocycles. The lowest BCUT2D eigenvalue weighted by Crippen LogP contribution is -2.05. The number of rotatable bonds is 1. The summed E-state index contributed by atoms with van der Waals surface area (Å²) in [6, 6.07) is 5.77. The Labute approximate surface area is 81.4 Å². The van der Waals surface area contributed by atoms with E-state index in [9.17, 15) is 5.11 Å². The van der Waals surface area contributed by atoms with Gasteiger partial charge in [0.05, 0.1) is 16.6 Å². The van der Waals surface area contributed by atoms with Crippen LogP contribution in [0.3, 0.4) is 0 Å². The maximum absolute atomic E-state index is 10.0. The Morgan fingerprint density at radius 2 is 1.93 bits per heavy atom. The summed E-state index contributed by atoms with van der Waals surface area (Å²) >= 11 is 0. The van der Waals surface area contributed by atoms with Crippen LogP contribution in [0.2, 0.25) is 0 Å². The van der Waals surface area contributed by atoms with E-state index in [2.05, 4.69) is 9.97 Å². The van der Waals surface area contributed by atoms with E-state index in [4.69, 9.17) is 0 Å². The van der Waals surface area contributed by atoms with Gasteiger partial charge >= 0.3 is 0 Å². The summed E-state index contributed by atoms with van der Waals surface area (Å²) in [7, 11) is 0. The highest BCUT2D eigenvalue weighted by atomic mass is 16.3. The lowest BCUT2D eigenvalue weighted by molar-refractivity contribution is 0.153. The quantitative estimate of drug-likeness (QED) is 0.736. The van der Waals surface area contributed by atoms with Crippen molar-refractivity contribution in [1.82, 2.24) is 9.97 Å². The van der Waals surface area contributed by atoms with Crippen LogP contribution >= 0.6 is 0 Å². The average molecular weight is 186 g/mol. The zero-order valence-electron chi connectivity index (χ0n) is 7.64. The monoisotopic (exact) mass is 186 g/mol. The molecule has 1 aromatic heterocycles. The third kappa shape index (κ3) is 1.02. The summed E-state index contributed by atoms with van der Waals surface area (Å²) in [5.41, 5.74) is 1.97. The van der Waals surface area contributed by atoms with Gasteiger partial charge in [-0.3, -0.25) is 9.97 Å². The van der Waals surface area contributed by atoms with Gasteiger partial charge in [-0.1, -0.05) is 12.1 Å². The highest BCUT2D eigenvalue weighted by molar-refractivity contribution is 5.78. The van der Waals surface area contributed by atoms with E-state index in [0.717, 1.165) is 29.4 Å². The van der Waals surface area contributed by atoms with Crippen LogP contribution in [0.25, 0.3) is 11.0 Å². The number of hydrogen-bond acceptors (Lipinski definition) is 3. The summed E-state index contributed by atoms with van der Waals surface area (Å²) in [6.45, 7) is 0. The molecule has 2 aromatic rings. The third-order valence-corrected chi connectivity index (χ3v) is 2.72. The smallest absolute Gasteiger partial charge is 0.0947 e. The Bertz CT molecular complexity index is 486. The molecular formula is C11H10N2O. The molecular weight excluding hydrogens is 176 g/mol. The lowest BCUT2D eigenvalue weighted by Gasteiger charge is -2.09. The summed E-state index contributed by atoms with van der Waals surface area (Å²) in [5, 5.41) is 10.0.